The van der Waals surface area contributed by atoms with Crippen LogP contribution in [0.3, 0.4) is 0 Å². The van der Waals surface area contributed by atoms with Crippen molar-refractivity contribution in [2.45, 2.75) is 32.2 Å². The van der Waals surface area contributed by atoms with Crippen LogP contribution in [0.4, 0.5) is 10.5 Å². The number of carbonyl (C=O) groups is 2. The van der Waals surface area contributed by atoms with Crippen molar-refractivity contribution in [2.75, 3.05) is 5.32 Å². The van der Waals surface area contributed by atoms with Gasteiger partial charge in [0.05, 0.1) is 16.3 Å². The number of hydrogen-bond acceptors (Lipinski definition) is 2. The minimum Gasteiger partial charge on any atom is -0.478 e. The third-order valence-corrected chi connectivity index (χ3v) is 3.69. The fraction of sp³-hybridized carbons (Fsp3) is 0.429. The van der Waals surface area contributed by atoms with Crippen molar-refractivity contribution in [1.82, 2.24) is 5.32 Å². The fourth-order valence-corrected chi connectivity index (χ4v) is 2.36. The summed E-state index contributed by atoms with van der Waals surface area (Å²) in [6.45, 7) is 2.12. The highest BCUT2D eigenvalue weighted by Crippen LogP contribution is 2.34. The molecular formula is C14H17ClN2O3. The van der Waals surface area contributed by atoms with Crippen LogP contribution >= 0.6 is 11.6 Å². The van der Waals surface area contributed by atoms with Crippen molar-refractivity contribution in [3.8, 4) is 0 Å². The van der Waals surface area contributed by atoms with Crippen LogP contribution in [0.15, 0.2) is 18.2 Å². The fourth-order valence-electron chi connectivity index (χ4n) is 2.20. The SMILES string of the molecule is CCCC1CC1NC(=O)Nc1cc(C(=O)O)ccc1Cl. The van der Waals surface area contributed by atoms with Crippen molar-refractivity contribution >= 4 is 29.3 Å². The number of anilines is 1. The second-order valence-electron chi connectivity index (χ2n) is 4.99. The van der Waals surface area contributed by atoms with Crippen LogP contribution in [0.1, 0.15) is 36.5 Å². The van der Waals surface area contributed by atoms with Gasteiger partial charge >= 0.3 is 12.0 Å². The molecule has 0 bridgehead atoms. The molecule has 5 nitrogen and oxygen atoms in total. The normalized spacial score (nSPS) is 20.3. The number of nitrogens with one attached hydrogen (secondary N) is 2. The number of aromatic carboxylic acids is 1. The first kappa shape index (κ1) is 14.7. The van der Waals surface area contributed by atoms with E-state index in [1.807, 2.05) is 0 Å². The van der Waals surface area contributed by atoms with Crippen LogP contribution in [0.5, 0.6) is 0 Å². The highest BCUT2D eigenvalue weighted by molar-refractivity contribution is 6.33. The molecule has 0 spiro atoms. The molecule has 108 valence electrons. The standard InChI is InChI=1S/C14H17ClN2O3/c1-2-3-8-6-11(8)16-14(20)17-12-7-9(13(18)19)4-5-10(12)15/h4-5,7-8,11H,2-3,6H2,1H3,(H,18,19)(H2,16,17,20). The van der Waals surface area contributed by atoms with Gasteiger partial charge in [-0.3, -0.25) is 0 Å². The number of benzene rings is 1. The number of urea groups is 1. The third kappa shape index (κ3) is 3.63. The Morgan fingerprint density at radius 3 is 2.85 bits per heavy atom. The molecule has 0 radical (unpaired) electrons. The van der Waals surface area contributed by atoms with Gasteiger partial charge in [-0.1, -0.05) is 24.9 Å². The molecular weight excluding hydrogens is 280 g/mol. The number of hydrogen-bond donors (Lipinski definition) is 3. The molecule has 0 heterocycles. The van der Waals surface area contributed by atoms with Crippen LogP contribution in [-0.2, 0) is 0 Å². The van der Waals surface area contributed by atoms with Crippen LogP contribution in [0.2, 0.25) is 5.02 Å². The molecule has 3 N–H and O–H groups in total. The van der Waals surface area contributed by atoms with Gasteiger partial charge in [0.15, 0.2) is 0 Å². The number of carboxylic acids is 1. The molecule has 6 heteroatoms. The van der Waals surface area contributed by atoms with E-state index in [2.05, 4.69) is 17.6 Å². The minimum atomic E-state index is -1.06. The van der Waals surface area contributed by atoms with Crippen molar-refractivity contribution in [3.63, 3.8) is 0 Å². The average Bonchev–Trinajstić information content (AvgIpc) is 3.10. The molecule has 0 saturated heterocycles. The monoisotopic (exact) mass is 296 g/mol. The Morgan fingerprint density at radius 1 is 1.45 bits per heavy atom. The van der Waals surface area contributed by atoms with Gasteiger partial charge < -0.3 is 15.7 Å². The highest BCUT2D eigenvalue weighted by Gasteiger charge is 2.37. The first-order chi connectivity index (χ1) is 9.51. The Balaban J connectivity index is 1.94. The van der Waals surface area contributed by atoms with Gasteiger partial charge in [0.2, 0.25) is 0 Å². The summed E-state index contributed by atoms with van der Waals surface area (Å²) >= 11 is 5.94. The van der Waals surface area contributed by atoms with Gasteiger partial charge in [-0.2, -0.15) is 0 Å². The number of carboxylic acid groups (broad SMARTS) is 1. The Morgan fingerprint density at radius 2 is 2.20 bits per heavy atom. The quantitative estimate of drug-likeness (QED) is 0.779. The number of amides is 2. The maximum absolute atomic E-state index is 11.8. The smallest absolute Gasteiger partial charge is 0.335 e. The van der Waals surface area contributed by atoms with Crippen molar-refractivity contribution in [3.05, 3.63) is 28.8 Å². The summed E-state index contributed by atoms with van der Waals surface area (Å²) in [6, 6.07) is 4.07. The van der Waals surface area contributed by atoms with E-state index in [9.17, 15) is 9.59 Å². The molecule has 2 rings (SSSR count). The third-order valence-electron chi connectivity index (χ3n) is 3.36. The number of carbonyl (C=O) groups excluding carboxylic acids is 1. The lowest BCUT2D eigenvalue weighted by Gasteiger charge is -2.09. The lowest BCUT2D eigenvalue weighted by Crippen LogP contribution is -2.31. The summed E-state index contributed by atoms with van der Waals surface area (Å²) in [4.78, 5) is 22.7. The minimum absolute atomic E-state index is 0.0833. The molecule has 1 saturated carbocycles. The van der Waals surface area contributed by atoms with Gasteiger partial charge in [0, 0.05) is 6.04 Å². The van der Waals surface area contributed by atoms with Crippen LogP contribution in [0.25, 0.3) is 0 Å². The highest BCUT2D eigenvalue weighted by atomic mass is 35.5. The van der Waals surface area contributed by atoms with E-state index in [1.165, 1.54) is 18.2 Å². The molecule has 0 aliphatic heterocycles. The van der Waals surface area contributed by atoms with Crippen LogP contribution in [-0.4, -0.2) is 23.1 Å². The number of rotatable bonds is 5. The second kappa shape index (κ2) is 6.13. The second-order valence-corrected chi connectivity index (χ2v) is 5.40. The molecule has 20 heavy (non-hydrogen) atoms. The molecule has 1 aliphatic carbocycles. The van der Waals surface area contributed by atoms with Gasteiger partial charge in [0.1, 0.15) is 0 Å². The molecule has 2 amide bonds. The van der Waals surface area contributed by atoms with Crippen molar-refractivity contribution in [1.29, 1.82) is 0 Å². The predicted octanol–water partition coefficient (Wildman–Crippen LogP) is 3.35. The zero-order valence-electron chi connectivity index (χ0n) is 11.1. The van der Waals surface area contributed by atoms with Crippen LogP contribution in [0, 0.1) is 5.92 Å². The van der Waals surface area contributed by atoms with Crippen molar-refractivity contribution < 1.29 is 14.7 Å². The van der Waals surface area contributed by atoms with Gasteiger partial charge in [0.25, 0.3) is 0 Å². The lowest BCUT2D eigenvalue weighted by atomic mass is 10.2. The van der Waals surface area contributed by atoms with E-state index in [0.717, 1.165) is 19.3 Å². The molecule has 2 atom stereocenters. The van der Waals surface area contributed by atoms with E-state index < -0.39 is 5.97 Å². The first-order valence-electron chi connectivity index (χ1n) is 6.61. The summed E-state index contributed by atoms with van der Waals surface area (Å²) in [5, 5.41) is 14.7. The van der Waals surface area contributed by atoms with Gasteiger partial charge in [-0.25, -0.2) is 9.59 Å². The largest absolute Gasteiger partial charge is 0.478 e. The predicted molar refractivity (Wildman–Crippen MR) is 77.4 cm³/mol. The maximum atomic E-state index is 11.8. The van der Waals surface area contributed by atoms with Crippen LogP contribution < -0.4 is 10.6 Å². The Kier molecular flexibility index (Phi) is 4.49. The summed E-state index contributed by atoms with van der Waals surface area (Å²) in [5.41, 5.74) is 0.386. The topological polar surface area (TPSA) is 78.4 Å². The first-order valence-corrected chi connectivity index (χ1v) is 6.99. The number of halogens is 1. The summed E-state index contributed by atoms with van der Waals surface area (Å²) < 4.78 is 0. The van der Waals surface area contributed by atoms with E-state index >= 15 is 0 Å². The average molecular weight is 297 g/mol. The zero-order chi connectivity index (χ0) is 14.7. The van der Waals surface area contributed by atoms with E-state index in [-0.39, 0.29) is 17.6 Å². The molecule has 2 unspecified atom stereocenters. The van der Waals surface area contributed by atoms with E-state index in [4.69, 9.17) is 16.7 Å². The molecule has 1 aromatic rings. The molecule has 1 aliphatic rings. The Hall–Kier alpha value is -1.75. The summed E-state index contributed by atoms with van der Waals surface area (Å²) in [7, 11) is 0. The summed E-state index contributed by atoms with van der Waals surface area (Å²) in [5.74, 6) is -0.498. The lowest BCUT2D eigenvalue weighted by molar-refractivity contribution is 0.0697. The van der Waals surface area contributed by atoms with E-state index in [0.29, 0.717) is 16.6 Å². The maximum Gasteiger partial charge on any atom is 0.335 e. The molecule has 0 aromatic heterocycles. The van der Waals surface area contributed by atoms with Gasteiger partial charge in [-0.05, 0) is 37.0 Å². The summed E-state index contributed by atoms with van der Waals surface area (Å²) in [6.07, 6.45) is 3.22. The van der Waals surface area contributed by atoms with E-state index in [1.54, 1.807) is 0 Å². The Bertz CT molecular complexity index is 533. The van der Waals surface area contributed by atoms with Gasteiger partial charge in [-0.15, -0.1) is 0 Å². The Labute approximate surface area is 122 Å². The molecule has 1 fully saturated rings. The molecule has 1 aromatic carbocycles. The van der Waals surface area contributed by atoms with Crippen molar-refractivity contribution in [2.24, 2.45) is 5.92 Å². The zero-order valence-corrected chi connectivity index (χ0v) is 11.9.